The van der Waals surface area contributed by atoms with E-state index in [-0.39, 0.29) is 28.6 Å². The van der Waals surface area contributed by atoms with Crippen molar-refractivity contribution >= 4 is 32.5 Å². The lowest BCUT2D eigenvalue weighted by atomic mass is 10.0. The molecule has 4 rings (SSSR count). The molecule has 0 bridgehead atoms. The van der Waals surface area contributed by atoms with Gasteiger partial charge in [0.25, 0.3) is 5.56 Å². The summed E-state index contributed by atoms with van der Waals surface area (Å²) >= 11 is 5.86. The van der Waals surface area contributed by atoms with Crippen LogP contribution in [0.5, 0.6) is 0 Å². The zero-order chi connectivity index (χ0) is 24.5. The minimum absolute atomic E-state index is 0.129. The van der Waals surface area contributed by atoms with Crippen LogP contribution in [0.2, 0.25) is 5.02 Å². The number of hydrogen-bond donors (Lipinski definition) is 1. The van der Waals surface area contributed by atoms with Gasteiger partial charge < -0.3 is 4.98 Å². The van der Waals surface area contributed by atoms with Crippen molar-refractivity contribution in [3.8, 4) is 0 Å². The van der Waals surface area contributed by atoms with Crippen LogP contribution in [0.4, 0.5) is 4.39 Å². The van der Waals surface area contributed by atoms with Crippen molar-refractivity contribution in [3.63, 3.8) is 0 Å². The summed E-state index contributed by atoms with van der Waals surface area (Å²) in [5.41, 5.74) is 3.74. The number of sulfonamides is 1. The van der Waals surface area contributed by atoms with E-state index in [4.69, 9.17) is 11.6 Å². The normalized spacial score (nSPS) is 11.9. The summed E-state index contributed by atoms with van der Waals surface area (Å²) in [7, 11) is -4.06. The lowest BCUT2D eigenvalue weighted by molar-refractivity contribution is 0.408. The summed E-state index contributed by atoms with van der Waals surface area (Å²) in [6.07, 6.45) is 0.443. The van der Waals surface area contributed by atoms with Crippen LogP contribution in [0.3, 0.4) is 0 Å². The van der Waals surface area contributed by atoms with Gasteiger partial charge in [-0.3, -0.25) is 4.79 Å². The highest BCUT2D eigenvalue weighted by atomic mass is 35.5. The average Bonchev–Trinajstić information content (AvgIpc) is 2.80. The Morgan fingerprint density at radius 2 is 1.68 bits per heavy atom. The van der Waals surface area contributed by atoms with Gasteiger partial charge in [0.1, 0.15) is 5.82 Å². The number of benzene rings is 3. The third-order valence-electron chi connectivity index (χ3n) is 5.90. The second-order valence-electron chi connectivity index (χ2n) is 8.30. The maximum absolute atomic E-state index is 13.7. The predicted molar refractivity (Wildman–Crippen MR) is 133 cm³/mol. The number of aromatic amines is 1. The monoisotopic (exact) mass is 498 g/mol. The molecule has 0 unspecified atom stereocenters. The molecular formula is C26H24ClFN2O3S. The summed E-state index contributed by atoms with van der Waals surface area (Å²) < 4.78 is 42.0. The number of rotatable bonds is 7. The maximum atomic E-state index is 13.7. The average molecular weight is 499 g/mol. The van der Waals surface area contributed by atoms with Gasteiger partial charge in [0, 0.05) is 24.2 Å². The quantitative estimate of drug-likeness (QED) is 0.372. The topological polar surface area (TPSA) is 70.2 Å². The molecular weight excluding hydrogens is 475 g/mol. The second-order valence-corrected chi connectivity index (χ2v) is 10.6. The molecule has 34 heavy (non-hydrogen) atoms. The number of hydrogen-bond acceptors (Lipinski definition) is 3. The van der Waals surface area contributed by atoms with Gasteiger partial charge in [-0.05, 0) is 78.7 Å². The molecule has 4 aromatic rings. The van der Waals surface area contributed by atoms with E-state index in [0.29, 0.717) is 17.5 Å². The Kier molecular flexibility index (Phi) is 6.89. The standard InChI is InChI=1S/C26H24ClFN2O3S/c1-17-12-20-14-21(26(31)29-25(20)13-18(17)2)16-30(11-10-19-6-4-3-5-7-19)34(32,33)22-8-9-24(28)23(27)15-22/h3-9,12-15H,10-11,16H2,1-2H3,(H,29,31). The van der Waals surface area contributed by atoms with E-state index >= 15 is 0 Å². The van der Waals surface area contributed by atoms with Crippen LogP contribution < -0.4 is 5.56 Å². The number of halogens is 2. The van der Waals surface area contributed by atoms with Crippen molar-refractivity contribution in [2.45, 2.75) is 31.7 Å². The van der Waals surface area contributed by atoms with Gasteiger partial charge in [-0.15, -0.1) is 0 Å². The van der Waals surface area contributed by atoms with Crippen molar-refractivity contribution in [1.29, 1.82) is 0 Å². The van der Waals surface area contributed by atoms with Crippen molar-refractivity contribution in [2.24, 2.45) is 0 Å². The van der Waals surface area contributed by atoms with Gasteiger partial charge in [-0.25, -0.2) is 12.8 Å². The summed E-state index contributed by atoms with van der Waals surface area (Å²) in [4.78, 5) is 15.6. The van der Waals surface area contributed by atoms with E-state index in [1.165, 1.54) is 10.4 Å². The number of aromatic nitrogens is 1. The van der Waals surface area contributed by atoms with Crippen molar-refractivity contribution < 1.29 is 12.8 Å². The molecule has 0 saturated heterocycles. The lowest BCUT2D eigenvalue weighted by Crippen LogP contribution is -2.34. The molecule has 0 amide bonds. The van der Waals surface area contributed by atoms with Gasteiger partial charge in [0.05, 0.1) is 9.92 Å². The number of pyridine rings is 1. The number of nitrogens with one attached hydrogen (secondary N) is 1. The molecule has 0 spiro atoms. The number of aryl methyl sites for hydroxylation is 2. The molecule has 0 aliphatic heterocycles. The largest absolute Gasteiger partial charge is 0.322 e. The second kappa shape index (κ2) is 9.70. The van der Waals surface area contributed by atoms with Gasteiger partial charge in [0.15, 0.2) is 0 Å². The first-order valence-corrected chi connectivity index (χ1v) is 12.6. The van der Waals surface area contributed by atoms with Crippen LogP contribution in [-0.4, -0.2) is 24.3 Å². The minimum atomic E-state index is -4.06. The van der Waals surface area contributed by atoms with E-state index in [2.05, 4.69) is 4.98 Å². The SMILES string of the molecule is Cc1cc2cc(CN(CCc3ccccc3)S(=O)(=O)c3ccc(F)c(Cl)c3)c(=O)[nH]c2cc1C. The van der Waals surface area contributed by atoms with Gasteiger partial charge in [-0.2, -0.15) is 4.31 Å². The summed E-state index contributed by atoms with van der Waals surface area (Å²) in [5, 5.41) is 0.543. The van der Waals surface area contributed by atoms with Crippen LogP contribution in [0, 0.1) is 19.7 Å². The third kappa shape index (κ3) is 5.06. The molecule has 176 valence electrons. The zero-order valence-corrected chi connectivity index (χ0v) is 20.4. The fourth-order valence-corrected chi connectivity index (χ4v) is 5.49. The molecule has 1 aromatic heterocycles. The molecule has 8 heteroatoms. The molecule has 0 radical (unpaired) electrons. The first kappa shape index (κ1) is 24.1. The first-order chi connectivity index (χ1) is 16.1. The van der Waals surface area contributed by atoms with Gasteiger partial charge in [0.2, 0.25) is 10.0 Å². The Hall–Kier alpha value is -3.00. The van der Waals surface area contributed by atoms with Crippen LogP contribution >= 0.6 is 11.6 Å². The number of fused-ring (bicyclic) bond motifs is 1. The fourth-order valence-electron chi connectivity index (χ4n) is 3.80. The van der Waals surface area contributed by atoms with Crippen LogP contribution in [-0.2, 0) is 23.0 Å². The van der Waals surface area contributed by atoms with E-state index in [1.807, 2.05) is 56.3 Å². The highest BCUT2D eigenvalue weighted by Gasteiger charge is 2.26. The highest BCUT2D eigenvalue weighted by Crippen LogP contribution is 2.24. The van der Waals surface area contributed by atoms with E-state index < -0.39 is 15.8 Å². The smallest absolute Gasteiger partial charge is 0.252 e. The van der Waals surface area contributed by atoms with Crippen LogP contribution in [0.15, 0.2) is 76.4 Å². The molecule has 1 N–H and O–H groups in total. The van der Waals surface area contributed by atoms with Crippen molar-refractivity contribution in [1.82, 2.24) is 9.29 Å². The summed E-state index contributed by atoms with van der Waals surface area (Å²) in [5.74, 6) is -0.701. The third-order valence-corrected chi connectivity index (χ3v) is 8.03. The fraction of sp³-hybridized carbons (Fsp3) is 0.192. The molecule has 0 aliphatic carbocycles. The zero-order valence-electron chi connectivity index (χ0n) is 18.8. The molecule has 0 saturated carbocycles. The molecule has 1 heterocycles. The molecule has 0 aliphatic rings. The Balaban J connectivity index is 1.74. The minimum Gasteiger partial charge on any atom is -0.322 e. The Morgan fingerprint density at radius 1 is 0.971 bits per heavy atom. The number of nitrogens with zero attached hydrogens (tertiary/aromatic N) is 1. The summed E-state index contributed by atoms with van der Waals surface area (Å²) in [6.45, 7) is 3.94. The maximum Gasteiger partial charge on any atom is 0.252 e. The Morgan fingerprint density at radius 3 is 2.38 bits per heavy atom. The molecule has 3 aromatic carbocycles. The van der Waals surface area contributed by atoms with E-state index in [0.717, 1.165) is 34.2 Å². The van der Waals surface area contributed by atoms with Crippen molar-refractivity contribution in [3.05, 3.63) is 110 Å². The van der Waals surface area contributed by atoms with Gasteiger partial charge in [-0.1, -0.05) is 41.9 Å². The van der Waals surface area contributed by atoms with Crippen LogP contribution in [0.1, 0.15) is 22.3 Å². The van der Waals surface area contributed by atoms with Gasteiger partial charge >= 0.3 is 0 Å². The Labute approximate surface area is 202 Å². The molecule has 0 atom stereocenters. The summed E-state index contributed by atoms with van der Waals surface area (Å²) in [6, 6.07) is 18.4. The van der Waals surface area contributed by atoms with E-state index in [9.17, 15) is 17.6 Å². The predicted octanol–water partition coefficient (Wildman–Crippen LogP) is 5.37. The van der Waals surface area contributed by atoms with Crippen LogP contribution in [0.25, 0.3) is 10.9 Å². The highest BCUT2D eigenvalue weighted by molar-refractivity contribution is 7.89. The Bertz CT molecular complexity index is 1520. The molecule has 5 nitrogen and oxygen atoms in total. The van der Waals surface area contributed by atoms with E-state index in [1.54, 1.807) is 6.07 Å². The van der Waals surface area contributed by atoms with Crippen molar-refractivity contribution in [2.75, 3.05) is 6.54 Å². The lowest BCUT2D eigenvalue weighted by Gasteiger charge is -2.22. The molecule has 0 fully saturated rings. The number of H-pyrrole nitrogens is 1. The first-order valence-electron chi connectivity index (χ1n) is 10.8.